The van der Waals surface area contributed by atoms with E-state index in [4.69, 9.17) is 0 Å². The van der Waals surface area contributed by atoms with Crippen LogP contribution in [0.5, 0.6) is 0 Å². The van der Waals surface area contributed by atoms with Crippen LogP contribution >= 0.6 is 11.3 Å². The monoisotopic (exact) mass is 225 g/mol. The third-order valence-electron chi connectivity index (χ3n) is 3.08. The molecule has 0 bridgehead atoms. The number of hydrogen-bond acceptors (Lipinski definition) is 4. The Morgan fingerprint density at radius 2 is 2.40 bits per heavy atom. The van der Waals surface area contributed by atoms with Crippen LogP contribution in [0.15, 0.2) is 5.51 Å². The van der Waals surface area contributed by atoms with E-state index in [0.717, 1.165) is 19.6 Å². The Balaban J connectivity index is 2.01. The van der Waals surface area contributed by atoms with Crippen molar-refractivity contribution in [2.45, 2.75) is 39.4 Å². The standard InChI is InChI=1S/C11H19N3S/c1-8-5-14(9(2)4-12-8)6-11-10(3)13-7-15-11/h7-9,12H,4-6H2,1-3H3. The molecule has 0 aromatic carbocycles. The van der Waals surface area contributed by atoms with Gasteiger partial charge in [-0.15, -0.1) is 11.3 Å². The van der Waals surface area contributed by atoms with Gasteiger partial charge in [0, 0.05) is 36.6 Å². The summed E-state index contributed by atoms with van der Waals surface area (Å²) in [5, 5.41) is 3.50. The molecule has 2 unspecified atom stereocenters. The number of rotatable bonds is 2. The van der Waals surface area contributed by atoms with Crippen molar-refractivity contribution in [3.05, 3.63) is 16.1 Å². The second-order valence-electron chi connectivity index (χ2n) is 4.45. The van der Waals surface area contributed by atoms with E-state index in [9.17, 15) is 0 Å². The van der Waals surface area contributed by atoms with Crippen molar-refractivity contribution in [2.24, 2.45) is 0 Å². The highest BCUT2D eigenvalue weighted by atomic mass is 32.1. The van der Waals surface area contributed by atoms with Crippen molar-refractivity contribution >= 4 is 11.3 Å². The number of hydrogen-bond donors (Lipinski definition) is 1. The Labute approximate surface area is 95.5 Å². The molecule has 0 saturated carbocycles. The maximum Gasteiger partial charge on any atom is 0.0798 e. The van der Waals surface area contributed by atoms with E-state index in [1.807, 2.05) is 5.51 Å². The first-order valence-electron chi connectivity index (χ1n) is 5.53. The maximum absolute atomic E-state index is 4.30. The number of nitrogens with one attached hydrogen (secondary N) is 1. The molecule has 4 heteroatoms. The first-order valence-corrected chi connectivity index (χ1v) is 6.41. The molecule has 1 fully saturated rings. The first kappa shape index (κ1) is 11.0. The molecule has 1 saturated heterocycles. The van der Waals surface area contributed by atoms with Crippen molar-refractivity contribution in [1.29, 1.82) is 0 Å². The molecule has 0 aliphatic carbocycles. The van der Waals surface area contributed by atoms with Crippen LogP contribution in [-0.2, 0) is 6.54 Å². The lowest BCUT2D eigenvalue weighted by Gasteiger charge is -2.37. The van der Waals surface area contributed by atoms with Gasteiger partial charge >= 0.3 is 0 Å². The van der Waals surface area contributed by atoms with Gasteiger partial charge in [-0.2, -0.15) is 0 Å². The maximum atomic E-state index is 4.30. The molecule has 15 heavy (non-hydrogen) atoms. The molecule has 1 aliphatic heterocycles. The van der Waals surface area contributed by atoms with Crippen molar-refractivity contribution < 1.29 is 0 Å². The normalized spacial score (nSPS) is 28.2. The summed E-state index contributed by atoms with van der Waals surface area (Å²) in [6.45, 7) is 9.93. The lowest BCUT2D eigenvalue weighted by Crippen LogP contribution is -2.53. The van der Waals surface area contributed by atoms with E-state index < -0.39 is 0 Å². The van der Waals surface area contributed by atoms with Crippen LogP contribution in [0.4, 0.5) is 0 Å². The zero-order chi connectivity index (χ0) is 10.8. The van der Waals surface area contributed by atoms with Gasteiger partial charge in [-0.3, -0.25) is 4.90 Å². The van der Waals surface area contributed by atoms with E-state index in [2.05, 4.69) is 36.0 Å². The van der Waals surface area contributed by atoms with Crippen molar-refractivity contribution in [1.82, 2.24) is 15.2 Å². The molecule has 1 aromatic rings. The summed E-state index contributed by atoms with van der Waals surface area (Å²) in [5.41, 5.74) is 3.14. The topological polar surface area (TPSA) is 28.2 Å². The molecule has 0 radical (unpaired) electrons. The SMILES string of the molecule is Cc1ncsc1CN1CC(C)NCC1C. The Bertz CT molecular complexity index is 323. The fourth-order valence-electron chi connectivity index (χ4n) is 1.98. The lowest BCUT2D eigenvalue weighted by atomic mass is 10.1. The molecule has 84 valence electrons. The van der Waals surface area contributed by atoms with Crippen molar-refractivity contribution in [3.8, 4) is 0 Å². The molecular formula is C11H19N3S. The van der Waals surface area contributed by atoms with E-state index in [1.54, 1.807) is 11.3 Å². The van der Waals surface area contributed by atoms with Gasteiger partial charge in [0.15, 0.2) is 0 Å². The van der Waals surface area contributed by atoms with Gasteiger partial charge < -0.3 is 5.32 Å². The van der Waals surface area contributed by atoms with Crippen LogP contribution in [-0.4, -0.2) is 35.1 Å². The fraction of sp³-hybridized carbons (Fsp3) is 0.727. The molecule has 2 atom stereocenters. The van der Waals surface area contributed by atoms with Crippen LogP contribution in [0.2, 0.25) is 0 Å². The van der Waals surface area contributed by atoms with E-state index in [-0.39, 0.29) is 0 Å². The summed E-state index contributed by atoms with van der Waals surface area (Å²) in [6.07, 6.45) is 0. The molecule has 1 N–H and O–H groups in total. The van der Waals surface area contributed by atoms with Gasteiger partial charge in [0.2, 0.25) is 0 Å². The summed E-state index contributed by atoms with van der Waals surface area (Å²) in [5.74, 6) is 0. The quantitative estimate of drug-likeness (QED) is 0.829. The number of thiazole rings is 1. The predicted octanol–water partition coefficient (Wildman–Crippen LogP) is 1.63. The Morgan fingerprint density at radius 3 is 3.07 bits per heavy atom. The average Bonchev–Trinajstić information content (AvgIpc) is 2.58. The summed E-state index contributed by atoms with van der Waals surface area (Å²) in [7, 11) is 0. The van der Waals surface area contributed by atoms with Gasteiger partial charge in [-0.25, -0.2) is 4.98 Å². The second kappa shape index (κ2) is 4.60. The fourth-order valence-corrected chi connectivity index (χ4v) is 2.78. The van der Waals surface area contributed by atoms with Crippen LogP contribution in [0.25, 0.3) is 0 Å². The number of piperazine rings is 1. The molecule has 1 aliphatic rings. The molecule has 0 amide bonds. The van der Waals surface area contributed by atoms with Gasteiger partial charge in [-0.05, 0) is 20.8 Å². The van der Waals surface area contributed by atoms with Gasteiger partial charge in [0.05, 0.1) is 11.2 Å². The van der Waals surface area contributed by atoms with Gasteiger partial charge in [0.25, 0.3) is 0 Å². The van der Waals surface area contributed by atoms with E-state index >= 15 is 0 Å². The van der Waals surface area contributed by atoms with E-state index in [0.29, 0.717) is 12.1 Å². The minimum Gasteiger partial charge on any atom is -0.311 e. The number of nitrogens with zero attached hydrogens (tertiary/aromatic N) is 2. The smallest absolute Gasteiger partial charge is 0.0798 e. The second-order valence-corrected chi connectivity index (χ2v) is 5.39. The minimum atomic E-state index is 0.606. The van der Waals surface area contributed by atoms with Gasteiger partial charge in [-0.1, -0.05) is 0 Å². The zero-order valence-corrected chi connectivity index (χ0v) is 10.5. The molecule has 1 aromatic heterocycles. The highest BCUT2D eigenvalue weighted by Crippen LogP contribution is 2.18. The predicted molar refractivity (Wildman–Crippen MR) is 64.2 cm³/mol. The van der Waals surface area contributed by atoms with Crippen LogP contribution in [0.1, 0.15) is 24.4 Å². The summed E-state index contributed by atoms with van der Waals surface area (Å²) in [6, 6.07) is 1.23. The van der Waals surface area contributed by atoms with E-state index in [1.165, 1.54) is 10.6 Å². The Kier molecular flexibility index (Phi) is 3.38. The Morgan fingerprint density at radius 1 is 1.60 bits per heavy atom. The lowest BCUT2D eigenvalue weighted by molar-refractivity contribution is 0.140. The first-order chi connectivity index (χ1) is 7.16. The Hall–Kier alpha value is -0.450. The molecule has 0 spiro atoms. The number of aryl methyl sites for hydroxylation is 1. The third-order valence-corrected chi connectivity index (χ3v) is 4.00. The minimum absolute atomic E-state index is 0.606. The zero-order valence-electron chi connectivity index (χ0n) is 9.66. The summed E-state index contributed by atoms with van der Waals surface area (Å²) >= 11 is 1.77. The molecular weight excluding hydrogens is 206 g/mol. The molecule has 2 heterocycles. The number of aromatic nitrogens is 1. The van der Waals surface area contributed by atoms with Crippen molar-refractivity contribution in [2.75, 3.05) is 13.1 Å². The summed E-state index contributed by atoms with van der Waals surface area (Å²) in [4.78, 5) is 8.26. The summed E-state index contributed by atoms with van der Waals surface area (Å²) < 4.78 is 0. The average molecular weight is 225 g/mol. The van der Waals surface area contributed by atoms with Crippen LogP contribution < -0.4 is 5.32 Å². The third kappa shape index (κ3) is 2.56. The molecule has 3 nitrogen and oxygen atoms in total. The van der Waals surface area contributed by atoms with Crippen molar-refractivity contribution in [3.63, 3.8) is 0 Å². The van der Waals surface area contributed by atoms with Crippen LogP contribution in [0.3, 0.4) is 0 Å². The molecule has 2 rings (SSSR count). The van der Waals surface area contributed by atoms with Crippen LogP contribution in [0, 0.1) is 6.92 Å². The van der Waals surface area contributed by atoms with Gasteiger partial charge in [0.1, 0.15) is 0 Å². The highest BCUT2D eigenvalue weighted by Gasteiger charge is 2.22. The largest absolute Gasteiger partial charge is 0.311 e. The highest BCUT2D eigenvalue weighted by molar-refractivity contribution is 7.09.